The molecule has 0 heterocycles. The molecule has 0 radical (unpaired) electrons. The highest BCUT2D eigenvalue weighted by atomic mass is 28.4. The van der Waals surface area contributed by atoms with E-state index in [-0.39, 0.29) is 0 Å². The average Bonchev–Trinajstić information content (AvgIpc) is 2.99. The van der Waals surface area contributed by atoms with E-state index in [0.717, 1.165) is 17.8 Å². The van der Waals surface area contributed by atoms with Gasteiger partial charge < -0.3 is 4.43 Å². The molecular formula is C24H40OSi. The van der Waals surface area contributed by atoms with Crippen molar-refractivity contribution in [2.75, 3.05) is 0 Å². The van der Waals surface area contributed by atoms with Gasteiger partial charge in [-0.2, -0.15) is 0 Å². The summed E-state index contributed by atoms with van der Waals surface area (Å²) in [6.07, 6.45) is 5.81. The fourth-order valence-electron chi connectivity index (χ4n) is 5.76. The Labute approximate surface area is 163 Å². The van der Waals surface area contributed by atoms with Crippen molar-refractivity contribution < 1.29 is 4.43 Å². The average molecular weight is 373 g/mol. The molecule has 1 nitrogen and oxygen atoms in total. The molecule has 0 N–H and O–H groups in total. The highest BCUT2D eigenvalue weighted by Gasteiger charge is 2.61. The van der Waals surface area contributed by atoms with Crippen LogP contribution in [0.4, 0.5) is 0 Å². The Morgan fingerprint density at radius 3 is 2.15 bits per heavy atom. The monoisotopic (exact) mass is 372 g/mol. The zero-order chi connectivity index (χ0) is 18.9. The Hall–Kier alpha value is -0.603. The molecule has 2 fully saturated rings. The van der Waals surface area contributed by atoms with Crippen molar-refractivity contribution in [1.82, 2.24) is 0 Å². The van der Waals surface area contributed by atoms with Gasteiger partial charge in [-0.25, -0.2) is 0 Å². The second-order valence-corrected chi connectivity index (χ2v) is 14.4. The predicted octanol–water partition coefficient (Wildman–Crippen LogP) is 7.52. The molecule has 1 aromatic rings. The number of benzene rings is 1. The van der Waals surface area contributed by atoms with E-state index in [2.05, 4.69) is 65.8 Å². The molecule has 0 bridgehead atoms. The van der Waals surface area contributed by atoms with E-state index in [9.17, 15) is 0 Å². The SMILES string of the molecule is CC[Si](CC)(CC)OC(CCC1C[C@@H]2[C@H](C1)C2(C)C)c1ccccc1C. The molecule has 2 unspecified atom stereocenters. The summed E-state index contributed by atoms with van der Waals surface area (Å²) in [6.45, 7) is 14.2. The quantitative estimate of drug-likeness (QED) is 0.407. The number of hydrogen-bond donors (Lipinski definition) is 0. The Balaban J connectivity index is 1.69. The molecule has 0 amide bonds. The Morgan fingerprint density at radius 2 is 1.62 bits per heavy atom. The first-order valence-electron chi connectivity index (χ1n) is 11.1. The first-order valence-corrected chi connectivity index (χ1v) is 13.6. The standard InChI is InChI=1S/C24H40OSi/c1-7-26(8-2,9-3)25-23(20-13-11-10-12-18(20)4)15-14-19-16-21-22(17-19)24(21,5)6/h10-13,19,21-23H,7-9,14-17H2,1-6H3/t19?,21-,22+,23?. The predicted molar refractivity (Wildman–Crippen MR) is 115 cm³/mol. The normalized spacial score (nSPS) is 28.0. The fraction of sp³-hybridized carbons (Fsp3) is 0.750. The van der Waals surface area contributed by atoms with E-state index in [0.29, 0.717) is 11.5 Å². The molecular weight excluding hydrogens is 332 g/mol. The van der Waals surface area contributed by atoms with Crippen LogP contribution in [0, 0.1) is 30.1 Å². The largest absolute Gasteiger partial charge is 0.410 e. The molecule has 3 rings (SSSR count). The van der Waals surface area contributed by atoms with Gasteiger partial charge in [0.2, 0.25) is 0 Å². The van der Waals surface area contributed by atoms with Crippen LogP contribution < -0.4 is 0 Å². The minimum Gasteiger partial charge on any atom is -0.410 e. The molecule has 0 aliphatic heterocycles. The van der Waals surface area contributed by atoms with E-state index >= 15 is 0 Å². The molecule has 26 heavy (non-hydrogen) atoms. The topological polar surface area (TPSA) is 9.23 Å². The molecule has 2 aliphatic rings. The third-order valence-corrected chi connectivity index (χ3v) is 12.8. The summed E-state index contributed by atoms with van der Waals surface area (Å²) in [6, 6.07) is 12.6. The first kappa shape index (κ1) is 20.1. The molecule has 146 valence electrons. The molecule has 2 saturated carbocycles. The van der Waals surface area contributed by atoms with Crippen molar-refractivity contribution in [2.45, 2.75) is 91.5 Å². The summed E-state index contributed by atoms with van der Waals surface area (Å²) in [4.78, 5) is 0. The van der Waals surface area contributed by atoms with Gasteiger partial charge in [0.1, 0.15) is 0 Å². The van der Waals surface area contributed by atoms with Crippen molar-refractivity contribution in [3.8, 4) is 0 Å². The van der Waals surface area contributed by atoms with Gasteiger partial charge >= 0.3 is 0 Å². The van der Waals surface area contributed by atoms with Gasteiger partial charge in [0.15, 0.2) is 8.32 Å². The smallest absolute Gasteiger partial charge is 0.192 e. The number of aryl methyl sites for hydroxylation is 1. The van der Waals surface area contributed by atoms with Gasteiger partial charge in [0, 0.05) is 0 Å². The number of rotatable bonds is 9. The van der Waals surface area contributed by atoms with E-state index in [4.69, 9.17) is 4.43 Å². The molecule has 0 spiro atoms. The van der Waals surface area contributed by atoms with Crippen molar-refractivity contribution >= 4 is 8.32 Å². The van der Waals surface area contributed by atoms with E-state index in [1.165, 1.54) is 54.9 Å². The van der Waals surface area contributed by atoms with Crippen LogP contribution in [0.1, 0.15) is 77.5 Å². The van der Waals surface area contributed by atoms with Crippen LogP contribution in [0.25, 0.3) is 0 Å². The maximum atomic E-state index is 7.03. The maximum Gasteiger partial charge on any atom is 0.192 e. The summed E-state index contributed by atoms with van der Waals surface area (Å²) >= 11 is 0. The maximum absolute atomic E-state index is 7.03. The van der Waals surface area contributed by atoms with Crippen LogP contribution >= 0.6 is 0 Å². The molecule has 0 aromatic heterocycles. The number of fused-ring (bicyclic) bond motifs is 1. The number of hydrogen-bond acceptors (Lipinski definition) is 1. The van der Waals surface area contributed by atoms with Crippen LogP contribution in [0.2, 0.25) is 18.1 Å². The Bertz CT molecular complexity index is 582. The summed E-state index contributed by atoms with van der Waals surface area (Å²) < 4.78 is 7.03. The minimum absolute atomic E-state index is 0.313. The lowest BCUT2D eigenvalue weighted by Crippen LogP contribution is -2.37. The highest BCUT2D eigenvalue weighted by Crippen LogP contribution is 2.68. The lowest BCUT2D eigenvalue weighted by Gasteiger charge is -2.35. The Kier molecular flexibility index (Phi) is 6.04. The first-order chi connectivity index (χ1) is 12.4. The summed E-state index contributed by atoms with van der Waals surface area (Å²) in [5.41, 5.74) is 3.50. The van der Waals surface area contributed by atoms with Gasteiger partial charge in [-0.05, 0) is 85.0 Å². The summed E-state index contributed by atoms with van der Waals surface area (Å²) in [5.74, 6) is 2.97. The molecule has 2 aliphatic carbocycles. The van der Waals surface area contributed by atoms with E-state index in [1.807, 2.05) is 0 Å². The van der Waals surface area contributed by atoms with Crippen molar-refractivity contribution in [2.24, 2.45) is 23.2 Å². The second-order valence-electron chi connectivity index (χ2n) is 9.66. The van der Waals surface area contributed by atoms with Crippen LogP contribution in [0.5, 0.6) is 0 Å². The molecule has 2 heteroatoms. The van der Waals surface area contributed by atoms with Crippen LogP contribution in [0.15, 0.2) is 24.3 Å². The Morgan fingerprint density at radius 1 is 1.04 bits per heavy atom. The zero-order valence-corrected chi connectivity index (χ0v) is 19.0. The fourth-order valence-corrected chi connectivity index (χ4v) is 8.61. The van der Waals surface area contributed by atoms with Crippen LogP contribution in [0.3, 0.4) is 0 Å². The van der Waals surface area contributed by atoms with Gasteiger partial charge in [-0.3, -0.25) is 0 Å². The van der Waals surface area contributed by atoms with Gasteiger partial charge in [0.05, 0.1) is 6.10 Å². The van der Waals surface area contributed by atoms with Crippen LogP contribution in [-0.2, 0) is 4.43 Å². The van der Waals surface area contributed by atoms with Gasteiger partial charge in [0.25, 0.3) is 0 Å². The highest BCUT2D eigenvalue weighted by molar-refractivity contribution is 6.73. The molecule has 1 aromatic carbocycles. The zero-order valence-electron chi connectivity index (χ0n) is 18.0. The lowest BCUT2D eigenvalue weighted by atomic mass is 9.88. The van der Waals surface area contributed by atoms with Crippen molar-refractivity contribution in [3.05, 3.63) is 35.4 Å². The summed E-state index contributed by atoms with van der Waals surface area (Å²) in [7, 11) is -1.59. The van der Waals surface area contributed by atoms with E-state index in [1.54, 1.807) is 0 Å². The van der Waals surface area contributed by atoms with E-state index < -0.39 is 8.32 Å². The second kappa shape index (κ2) is 7.79. The van der Waals surface area contributed by atoms with Crippen LogP contribution in [-0.4, -0.2) is 8.32 Å². The van der Waals surface area contributed by atoms with Crippen molar-refractivity contribution in [3.63, 3.8) is 0 Å². The minimum atomic E-state index is -1.59. The van der Waals surface area contributed by atoms with Crippen molar-refractivity contribution in [1.29, 1.82) is 0 Å². The lowest BCUT2D eigenvalue weighted by molar-refractivity contribution is 0.165. The molecule has 4 atom stereocenters. The third-order valence-electron chi connectivity index (χ3n) is 8.16. The summed E-state index contributed by atoms with van der Waals surface area (Å²) in [5, 5.41) is 0. The third kappa shape index (κ3) is 3.82. The van der Waals surface area contributed by atoms with Gasteiger partial charge in [-0.15, -0.1) is 0 Å². The van der Waals surface area contributed by atoms with Gasteiger partial charge in [-0.1, -0.05) is 58.9 Å². The molecule has 0 saturated heterocycles.